The molecule has 1 aliphatic heterocycles. The molecular weight excluding hydrogens is 250 g/mol. The van der Waals surface area contributed by atoms with E-state index in [9.17, 15) is 10.1 Å². The van der Waals surface area contributed by atoms with E-state index in [-0.39, 0.29) is 5.91 Å². The summed E-state index contributed by atoms with van der Waals surface area (Å²) in [6.07, 6.45) is 3.70. The Morgan fingerprint density at radius 1 is 1.50 bits per heavy atom. The Hall–Kier alpha value is -1.86. The van der Waals surface area contributed by atoms with Crippen LogP contribution in [0, 0.1) is 11.3 Å². The van der Waals surface area contributed by atoms with Gasteiger partial charge >= 0.3 is 0 Å². The first-order valence-electron chi connectivity index (χ1n) is 7.17. The molecule has 2 rings (SSSR count). The van der Waals surface area contributed by atoms with Crippen LogP contribution in [-0.2, 0) is 4.79 Å². The number of hydrogen-bond acceptors (Lipinski definition) is 3. The molecule has 1 amide bonds. The molecule has 0 aromatic heterocycles. The minimum atomic E-state index is -0.452. The monoisotopic (exact) mass is 271 g/mol. The fourth-order valence-corrected chi connectivity index (χ4v) is 3.03. The number of nitrogens with zero attached hydrogens (tertiary/aromatic N) is 2. The summed E-state index contributed by atoms with van der Waals surface area (Å²) in [5, 5.41) is 12.6. The maximum Gasteiger partial charge on any atom is 0.247 e. The van der Waals surface area contributed by atoms with E-state index in [1.54, 1.807) is 18.0 Å². The minimum absolute atomic E-state index is 0.0690. The lowest BCUT2D eigenvalue weighted by atomic mass is 9.90. The molecular formula is C16H21N3O. The van der Waals surface area contributed by atoms with Crippen molar-refractivity contribution in [3.63, 3.8) is 0 Å². The van der Waals surface area contributed by atoms with Crippen LogP contribution in [0.1, 0.15) is 38.2 Å². The molecule has 20 heavy (non-hydrogen) atoms. The number of carbonyl (C=O) groups excluding carboxylic acids is 1. The second-order valence-corrected chi connectivity index (χ2v) is 5.36. The molecule has 1 aromatic rings. The molecule has 106 valence electrons. The SMILES string of the molecule is CCCC1(C(=O)N(C)c2ccccc2C#N)CCCN1. The molecule has 1 atom stereocenters. The predicted octanol–water partition coefficient (Wildman–Crippen LogP) is 2.44. The van der Waals surface area contributed by atoms with Crippen molar-refractivity contribution in [2.24, 2.45) is 0 Å². The second kappa shape index (κ2) is 6.06. The summed E-state index contributed by atoms with van der Waals surface area (Å²) < 4.78 is 0. The predicted molar refractivity (Wildman–Crippen MR) is 79.4 cm³/mol. The van der Waals surface area contributed by atoms with Gasteiger partial charge in [-0.05, 0) is 37.9 Å². The smallest absolute Gasteiger partial charge is 0.247 e. The summed E-state index contributed by atoms with van der Waals surface area (Å²) in [5.74, 6) is 0.0690. The maximum absolute atomic E-state index is 12.9. The molecule has 1 saturated heterocycles. The molecule has 0 radical (unpaired) electrons. The van der Waals surface area contributed by atoms with Crippen LogP contribution < -0.4 is 10.2 Å². The van der Waals surface area contributed by atoms with Gasteiger partial charge in [0.1, 0.15) is 6.07 Å². The number of nitrogens with one attached hydrogen (secondary N) is 1. The molecule has 1 unspecified atom stereocenters. The van der Waals surface area contributed by atoms with Crippen molar-refractivity contribution in [1.29, 1.82) is 5.26 Å². The van der Waals surface area contributed by atoms with Crippen molar-refractivity contribution in [1.82, 2.24) is 5.32 Å². The zero-order valence-corrected chi connectivity index (χ0v) is 12.1. The summed E-state index contributed by atoms with van der Waals surface area (Å²) >= 11 is 0. The van der Waals surface area contributed by atoms with Crippen LogP contribution in [0.4, 0.5) is 5.69 Å². The average Bonchev–Trinajstić information content (AvgIpc) is 2.96. The van der Waals surface area contributed by atoms with E-state index in [1.165, 1.54) is 0 Å². The minimum Gasteiger partial charge on any atom is -0.313 e. The third kappa shape index (κ3) is 2.54. The van der Waals surface area contributed by atoms with Gasteiger partial charge in [-0.1, -0.05) is 25.5 Å². The number of benzene rings is 1. The van der Waals surface area contributed by atoms with Crippen LogP contribution in [0.3, 0.4) is 0 Å². The fourth-order valence-electron chi connectivity index (χ4n) is 3.03. The molecule has 4 heteroatoms. The van der Waals surface area contributed by atoms with Crippen LogP contribution in [0.15, 0.2) is 24.3 Å². The van der Waals surface area contributed by atoms with Gasteiger partial charge in [0.25, 0.3) is 0 Å². The number of likely N-dealkylation sites (N-methyl/N-ethyl adjacent to an activating group) is 1. The summed E-state index contributed by atoms with van der Waals surface area (Å²) in [4.78, 5) is 14.5. The molecule has 1 aliphatic rings. The summed E-state index contributed by atoms with van der Waals surface area (Å²) in [6, 6.07) is 9.39. The number of anilines is 1. The van der Waals surface area contributed by atoms with Gasteiger partial charge in [-0.15, -0.1) is 0 Å². The number of nitriles is 1. The zero-order chi connectivity index (χ0) is 14.6. The van der Waals surface area contributed by atoms with E-state index in [0.717, 1.165) is 32.2 Å². The Kier molecular flexibility index (Phi) is 4.41. The van der Waals surface area contributed by atoms with Gasteiger partial charge in [-0.3, -0.25) is 4.79 Å². The lowest BCUT2D eigenvalue weighted by Gasteiger charge is -2.33. The number of carbonyl (C=O) groups is 1. The molecule has 0 spiro atoms. The van der Waals surface area contributed by atoms with Gasteiger partial charge in [0, 0.05) is 7.05 Å². The van der Waals surface area contributed by atoms with Gasteiger partial charge in [0.15, 0.2) is 0 Å². The first kappa shape index (κ1) is 14.5. The van der Waals surface area contributed by atoms with Crippen molar-refractivity contribution < 1.29 is 4.79 Å². The van der Waals surface area contributed by atoms with Gasteiger partial charge in [0.05, 0.1) is 16.8 Å². The zero-order valence-electron chi connectivity index (χ0n) is 12.1. The lowest BCUT2D eigenvalue weighted by molar-refractivity contribution is -0.124. The Balaban J connectivity index is 2.30. The Bertz CT molecular complexity index is 527. The highest BCUT2D eigenvalue weighted by atomic mass is 16.2. The maximum atomic E-state index is 12.9. The lowest BCUT2D eigenvalue weighted by Crippen LogP contribution is -2.54. The van der Waals surface area contributed by atoms with E-state index in [4.69, 9.17) is 0 Å². The molecule has 1 N–H and O–H groups in total. The van der Waals surface area contributed by atoms with Crippen molar-refractivity contribution in [3.8, 4) is 6.07 Å². The van der Waals surface area contributed by atoms with E-state index >= 15 is 0 Å². The molecule has 4 nitrogen and oxygen atoms in total. The van der Waals surface area contributed by atoms with Gasteiger partial charge in [-0.2, -0.15) is 5.26 Å². The van der Waals surface area contributed by atoms with Crippen LogP contribution >= 0.6 is 0 Å². The van der Waals surface area contributed by atoms with Gasteiger partial charge in [-0.25, -0.2) is 0 Å². The standard InChI is InChI=1S/C16H21N3O/c1-3-9-16(10-6-11-18-16)15(20)19(2)14-8-5-4-7-13(14)12-17/h4-5,7-8,18H,3,6,9-11H2,1-2H3. The summed E-state index contributed by atoms with van der Waals surface area (Å²) in [6.45, 7) is 2.98. The molecule has 1 fully saturated rings. The molecule has 1 aromatic carbocycles. The van der Waals surface area contributed by atoms with Crippen molar-refractivity contribution in [2.75, 3.05) is 18.5 Å². The molecule has 0 saturated carbocycles. The topological polar surface area (TPSA) is 56.1 Å². The largest absolute Gasteiger partial charge is 0.313 e. The third-order valence-corrected chi connectivity index (χ3v) is 4.02. The van der Waals surface area contributed by atoms with E-state index in [1.807, 2.05) is 18.2 Å². The highest BCUT2D eigenvalue weighted by Crippen LogP contribution is 2.29. The second-order valence-electron chi connectivity index (χ2n) is 5.36. The number of rotatable bonds is 4. The van der Waals surface area contributed by atoms with Crippen molar-refractivity contribution in [2.45, 2.75) is 38.1 Å². The van der Waals surface area contributed by atoms with Crippen LogP contribution in [0.25, 0.3) is 0 Å². The Morgan fingerprint density at radius 2 is 2.25 bits per heavy atom. The van der Waals surface area contributed by atoms with Gasteiger partial charge < -0.3 is 10.2 Å². The summed E-state index contributed by atoms with van der Waals surface area (Å²) in [7, 11) is 1.76. The van der Waals surface area contributed by atoms with Crippen molar-refractivity contribution in [3.05, 3.63) is 29.8 Å². The third-order valence-electron chi connectivity index (χ3n) is 4.02. The quantitative estimate of drug-likeness (QED) is 0.915. The Labute approximate surface area is 120 Å². The fraction of sp³-hybridized carbons (Fsp3) is 0.500. The molecule has 0 bridgehead atoms. The van der Waals surface area contributed by atoms with Gasteiger partial charge in [0.2, 0.25) is 5.91 Å². The van der Waals surface area contributed by atoms with Crippen LogP contribution in [0.5, 0.6) is 0 Å². The number of hydrogen-bond donors (Lipinski definition) is 1. The molecule has 1 heterocycles. The van der Waals surface area contributed by atoms with Crippen LogP contribution in [0.2, 0.25) is 0 Å². The normalized spacial score (nSPS) is 21.4. The summed E-state index contributed by atoms with van der Waals surface area (Å²) in [5.41, 5.74) is 0.767. The van der Waals surface area contributed by atoms with Crippen LogP contribution in [-0.4, -0.2) is 25.0 Å². The number of para-hydroxylation sites is 1. The number of amides is 1. The first-order valence-corrected chi connectivity index (χ1v) is 7.17. The molecule has 0 aliphatic carbocycles. The van der Waals surface area contributed by atoms with E-state index in [0.29, 0.717) is 11.3 Å². The highest BCUT2D eigenvalue weighted by Gasteiger charge is 2.42. The van der Waals surface area contributed by atoms with E-state index in [2.05, 4.69) is 18.3 Å². The first-order chi connectivity index (χ1) is 9.64. The highest BCUT2D eigenvalue weighted by molar-refractivity contribution is 6.01. The Morgan fingerprint density at radius 3 is 2.85 bits per heavy atom. The average molecular weight is 271 g/mol. The van der Waals surface area contributed by atoms with Crippen molar-refractivity contribution >= 4 is 11.6 Å². The van der Waals surface area contributed by atoms with E-state index < -0.39 is 5.54 Å².